The molecule has 0 atom stereocenters. The van der Waals surface area contributed by atoms with Crippen molar-refractivity contribution in [3.63, 3.8) is 0 Å². The van der Waals surface area contributed by atoms with Gasteiger partial charge in [-0.05, 0) is 26.0 Å². The highest BCUT2D eigenvalue weighted by molar-refractivity contribution is 5.94. The maximum Gasteiger partial charge on any atom is 0.257 e. The lowest BCUT2D eigenvalue weighted by Gasteiger charge is -2.26. The van der Waals surface area contributed by atoms with Gasteiger partial charge in [-0.15, -0.1) is 0 Å². The average Bonchev–Trinajstić information content (AvgIpc) is 2.55. The molecule has 2 aromatic heterocycles. The lowest BCUT2D eigenvalue weighted by atomic mass is 10.2. The number of nitrogens with zero attached hydrogens (tertiary/aromatic N) is 4. The topological polar surface area (TPSA) is 102 Å². The summed E-state index contributed by atoms with van der Waals surface area (Å²) in [6, 6.07) is 3.58. The van der Waals surface area contributed by atoms with E-state index in [0.717, 1.165) is 5.56 Å². The van der Waals surface area contributed by atoms with Crippen LogP contribution in [-0.4, -0.2) is 44.3 Å². The number of carbonyl (C=O) groups is 2. The summed E-state index contributed by atoms with van der Waals surface area (Å²) in [5.41, 5.74) is 6.31. The van der Waals surface area contributed by atoms with E-state index >= 15 is 0 Å². The molecular weight excluding hydrogens is 294 g/mol. The molecule has 0 radical (unpaired) electrons. The summed E-state index contributed by atoms with van der Waals surface area (Å²) in [5.74, 6) is -0.159. The molecule has 7 nitrogen and oxygen atoms in total. The predicted molar refractivity (Wildman–Crippen MR) is 85.2 cm³/mol. The van der Waals surface area contributed by atoms with Crippen LogP contribution in [0.4, 0.5) is 0 Å². The lowest BCUT2D eigenvalue weighted by Crippen LogP contribution is -2.39. The monoisotopic (exact) mass is 313 g/mol. The first-order valence-corrected chi connectivity index (χ1v) is 7.30. The highest BCUT2D eigenvalue weighted by Crippen LogP contribution is 2.13. The molecule has 2 amide bonds. The normalized spacial score (nSPS) is 10.6. The third-order valence-electron chi connectivity index (χ3n) is 3.30. The Labute approximate surface area is 134 Å². The summed E-state index contributed by atoms with van der Waals surface area (Å²) >= 11 is 0. The van der Waals surface area contributed by atoms with Crippen LogP contribution in [0.15, 0.2) is 36.9 Å². The zero-order valence-corrected chi connectivity index (χ0v) is 13.1. The third-order valence-corrected chi connectivity index (χ3v) is 3.30. The first-order valence-electron chi connectivity index (χ1n) is 7.30. The lowest BCUT2D eigenvalue weighted by molar-refractivity contribution is -0.118. The SMILES string of the molecule is CC(C)N(CCC(N)=O)C(=O)c1cnc(-c2cccnc2)nc1. The molecule has 0 fully saturated rings. The van der Waals surface area contributed by atoms with Crippen molar-refractivity contribution < 1.29 is 9.59 Å². The smallest absolute Gasteiger partial charge is 0.257 e. The number of carbonyl (C=O) groups excluding carboxylic acids is 2. The summed E-state index contributed by atoms with van der Waals surface area (Å²) in [6.45, 7) is 4.03. The van der Waals surface area contributed by atoms with Gasteiger partial charge in [0.25, 0.3) is 5.91 Å². The van der Waals surface area contributed by atoms with E-state index in [1.807, 2.05) is 19.9 Å². The van der Waals surface area contributed by atoms with E-state index in [-0.39, 0.29) is 24.9 Å². The van der Waals surface area contributed by atoms with Crippen LogP contribution >= 0.6 is 0 Å². The minimum absolute atomic E-state index is 0.0557. The molecule has 2 aromatic rings. The van der Waals surface area contributed by atoms with E-state index in [2.05, 4.69) is 15.0 Å². The molecule has 0 saturated carbocycles. The average molecular weight is 313 g/mol. The number of amides is 2. The van der Waals surface area contributed by atoms with Gasteiger partial charge in [0.2, 0.25) is 5.91 Å². The van der Waals surface area contributed by atoms with Gasteiger partial charge in [-0.2, -0.15) is 0 Å². The molecule has 0 aromatic carbocycles. The molecule has 23 heavy (non-hydrogen) atoms. The molecule has 0 spiro atoms. The maximum atomic E-state index is 12.5. The van der Waals surface area contributed by atoms with Gasteiger partial charge in [0, 0.05) is 49.4 Å². The summed E-state index contributed by atoms with van der Waals surface area (Å²) in [5, 5.41) is 0. The number of hydrogen-bond donors (Lipinski definition) is 1. The first kappa shape index (κ1) is 16.5. The Morgan fingerprint density at radius 2 is 1.91 bits per heavy atom. The second kappa shape index (κ2) is 7.44. The first-order chi connectivity index (χ1) is 11.0. The minimum Gasteiger partial charge on any atom is -0.370 e. The largest absolute Gasteiger partial charge is 0.370 e. The Bertz CT molecular complexity index is 671. The highest BCUT2D eigenvalue weighted by atomic mass is 16.2. The number of aromatic nitrogens is 3. The second-order valence-corrected chi connectivity index (χ2v) is 5.35. The van der Waals surface area contributed by atoms with Crippen molar-refractivity contribution in [3.8, 4) is 11.4 Å². The van der Waals surface area contributed by atoms with Crippen LogP contribution < -0.4 is 5.73 Å². The molecule has 0 bridgehead atoms. The minimum atomic E-state index is -0.438. The Balaban J connectivity index is 2.16. The van der Waals surface area contributed by atoms with Crippen molar-refractivity contribution in [1.29, 1.82) is 0 Å². The Hall–Kier alpha value is -2.83. The van der Waals surface area contributed by atoms with Gasteiger partial charge in [-0.1, -0.05) is 0 Å². The molecule has 7 heteroatoms. The van der Waals surface area contributed by atoms with Crippen LogP contribution in [0, 0.1) is 0 Å². The molecule has 2 rings (SSSR count). The number of nitrogens with two attached hydrogens (primary N) is 1. The van der Waals surface area contributed by atoms with Crippen molar-refractivity contribution in [2.75, 3.05) is 6.54 Å². The zero-order chi connectivity index (χ0) is 16.8. The van der Waals surface area contributed by atoms with Crippen molar-refractivity contribution in [3.05, 3.63) is 42.5 Å². The van der Waals surface area contributed by atoms with E-state index in [9.17, 15) is 9.59 Å². The molecule has 2 N–H and O–H groups in total. The third kappa shape index (κ3) is 4.32. The van der Waals surface area contributed by atoms with E-state index in [1.54, 1.807) is 23.4 Å². The molecule has 0 saturated heterocycles. The molecule has 0 aliphatic carbocycles. The van der Waals surface area contributed by atoms with Gasteiger partial charge in [-0.3, -0.25) is 14.6 Å². The Morgan fingerprint density at radius 3 is 2.43 bits per heavy atom. The number of rotatable bonds is 6. The Kier molecular flexibility index (Phi) is 5.35. The maximum absolute atomic E-state index is 12.5. The van der Waals surface area contributed by atoms with Crippen molar-refractivity contribution in [2.24, 2.45) is 5.73 Å². The fourth-order valence-corrected chi connectivity index (χ4v) is 2.07. The molecule has 0 unspecified atom stereocenters. The van der Waals surface area contributed by atoms with Crippen LogP contribution in [0.25, 0.3) is 11.4 Å². The van der Waals surface area contributed by atoms with Crippen LogP contribution in [0.3, 0.4) is 0 Å². The summed E-state index contributed by atoms with van der Waals surface area (Å²) in [4.78, 5) is 37.5. The number of pyridine rings is 1. The van der Waals surface area contributed by atoms with Crippen LogP contribution in [0.5, 0.6) is 0 Å². The van der Waals surface area contributed by atoms with E-state index in [4.69, 9.17) is 5.73 Å². The van der Waals surface area contributed by atoms with Gasteiger partial charge < -0.3 is 10.6 Å². The van der Waals surface area contributed by atoms with Gasteiger partial charge in [-0.25, -0.2) is 9.97 Å². The van der Waals surface area contributed by atoms with Gasteiger partial charge >= 0.3 is 0 Å². The van der Waals surface area contributed by atoms with Crippen molar-refractivity contribution in [1.82, 2.24) is 19.9 Å². The standard InChI is InChI=1S/C16H19N5O2/c1-11(2)21(7-5-14(17)22)16(23)13-9-19-15(20-10-13)12-4-3-6-18-8-12/h3-4,6,8-11H,5,7H2,1-2H3,(H2,17,22). The fourth-order valence-electron chi connectivity index (χ4n) is 2.07. The molecule has 0 aliphatic rings. The zero-order valence-electron chi connectivity index (χ0n) is 13.1. The molecule has 2 heterocycles. The second-order valence-electron chi connectivity index (χ2n) is 5.35. The summed E-state index contributed by atoms with van der Waals surface area (Å²) < 4.78 is 0. The molecule has 0 aliphatic heterocycles. The quantitative estimate of drug-likeness (QED) is 0.865. The van der Waals surface area contributed by atoms with Crippen LogP contribution in [0.2, 0.25) is 0 Å². The van der Waals surface area contributed by atoms with Crippen LogP contribution in [-0.2, 0) is 4.79 Å². The number of hydrogen-bond acceptors (Lipinski definition) is 5. The predicted octanol–water partition coefficient (Wildman–Crippen LogP) is 1.26. The summed E-state index contributed by atoms with van der Waals surface area (Å²) in [6.07, 6.45) is 6.41. The molecular formula is C16H19N5O2. The van der Waals surface area contributed by atoms with E-state index in [1.165, 1.54) is 12.4 Å². The highest BCUT2D eigenvalue weighted by Gasteiger charge is 2.20. The number of primary amides is 1. The van der Waals surface area contributed by atoms with Crippen molar-refractivity contribution >= 4 is 11.8 Å². The van der Waals surface area contributed by atoms with E-state index in [0.29, 0.717) is 11.4 Å². The van der Waals surface area contributed by atoms with E-state index < -0.39 is 5.91 Å². The van der Waals surface area contributed by atoms with Gasteiger partial charge in [0.05, 0.1) is 5.56 Å². The van der Waals surface area contributed by atoms with Crippen LogP contribution in [0.1, 0.15) is 30.6 Å². The van der Waals surface area contributed by atoms with Crippen molar-refractivity contribution in [2.45, 2.75) is 26.3 Å². The summed E-state index contributed by atoms with van der Waals surface area (Å²) in [7, 11) is 0. The molecule has 120 valence electrons. The van der Waals surface area contributed by atoms with Gasteiger partial charge in [0.1, 0.15) is 0 Å². The Morgan fingerprint density at radius 1 is 1.22 bits per heavy atom. The fraction of sp³-hybridized carbons (Fsp3) is 0.312. The van der Waals surface area contributed by atoms with Gasteiger partial charge in [0.15, 0.2) is 5.82 Å².